The number of epoxide rings is 1. The summed E-state index contributed by atoms with van der Waals surface area (Å²) >= 11 is 0. The Labute approximate surface area is 128 Å². The maximum absolute atomic E-state index is 10.00. The quantitative estimate of drug-likeness (QED) is 0.689. The second-order valence-corrected chi connectivity index (χ2v) is 9.27. The number of rotatable bonds is 0. The van der Waals surface area contributed by atoms with Gasteiger partial charge >= 0.3 is 0 Å². The van der Waals surface area contributed by atoms with Crippen LogP contribution in [-0.4, -0.2) is 23.4 Å². The second-order valence-electron chi connectivity index (χ2n) is 9.27. The molecule has 2 heteroatoms. The number of hydrogen-bond acceptors (Lipinski definition) is 2. The molecule has 5 aliphatic rings. The van der Waals surface area contributed by atoms with Gasteiger partial charge in [0.15, 0.2) is 0 Å². The molecular formula is C19H30O2. The molecule has 5 rings (SSSR count). The molecule has 0 aromatic heterocycles. The molecule has 1 saturated heterocycles. The third-order valence-corrected chi connectivity index (χ3v) is 8.66. The van der Waals surface area contributed by atoms with Crippen LogP contribution >= 0.6 is 0 Å². The van der Waals surface area contributed by atoms with E-state index < -0.39 is 0 Å². The lowest BCUT2D eigenvalue weighted by atomic mass is 9.51. The van der Waals surface area contributed by atoms with Crippen LogP contribution in [0.2, 0.25) is 0 Å². The number of fused-ring (bicyclic) bond motifs is 5. The molecule has 4 saturated carbocycles. The summed E-state index contributed by atoms with van der Waals surface area (Å²) in [4.78, 5) is 0. The van der Waals surface area contributed by atoms with Gasteiger partial charge in [0.25, 0.3) is 0 Å². The van der Waals surface area contributed by atoms with Gasteiger partial charge in [0.1, 0.15) is 0 Å². The SMILES string of the molecule is CC12CC[C@@H]3C[C@@H]4C[C@@H](O)CC[C@H]4C[C@H]3[C@@H]1CC[C@@]21CO1. The fraction of sp³-hybridized carbons (Fsp3) is 1.00. The number of aliphatic hydroxyl groups is 1. The van der Waals surface area contributed by atoms with Crippen molar-refractivity contribution in [3.05, 3.63) is 0 Å². The van der Waals surface area contributed by atoms with Gasteiger partial charge in [0.05, 0.1) is 18.3 Å². The third-order valence-electron chi connectivity index (χ3n) is 8.66. The van der Waals surface area contributed by atoms with E-state index in [1.807, 2.05) is 0 Å². The first kappa shape index (κ1) is 13.4. The van der Waals surface area contributed by atoms with E-state index >= 15 is 0 Å². The first-order chi connectivity index (χ1) is 10.1. The second kappa shape index (κ2) is 4.26. The summed E-state index contributed by atoms with van der Waals surface area (Å²) in [6.45, 7) is 3.61. The van der Waals surface area contributed by atoms with Crippen molar-refractivity contribution in [2.75, 3.05) is 6.61 Å². The first-order valence-electron chi connectivity index (χ1n) is 9.43. The Morgan fingerprint density at radius 1 is 0.905 bits per heavy atom. The highest BCUT2D eigenvalue weighted by Crippen LogP contribution is 2.68. The largest absolute Gasteiger partial charge is 0.393 e. The van der Waals surface area contributed by atoms with Crippen LogP contribution in [0.25, 0.3) is 0 Å². The lowest BCUT2D eigenvalue weighted by molar-refractivity contribution is -0.0661. The number of aliphatic hydroxyl groups excluding tert-OH is 1. The lowest BCUT2D eigenvalue weighted by Crippen LogP contribution is -2.49. The summed E-state index contributed by atoms with van der Waals surface area (Å²) in [5, 5.41) is 10.00. The smallest absolute Gasteiger partial charge is 0.0972 e. The van der Waals surface area contributed by atoms with E-state index in [0.29, 0.717) is 11.0 Å². The molecule has 1 unspecified atom stereocenters. The molecule has 4 aliphatic carbocycles. The minimum atomic E-state index is 0.00581. The fourth-order valence-corrected chi connectivity index (χ4v) is 7.31. The molecule has 5 fully saturated rings. The van der Waals surface area contributed by atoms with Crippen molar-refractivity contribution < 1.29 is 9.84 Å². The molecule has 21 heavy (non-hydrogen) atoms. The standard InChI is InChI=1S/C19H30O2/c1-18-6-4-13-8-14-9-15(20)3-2-12(14)10-16(13)17(18)5-7-19(18)11-21-19/h12-17,20H,2-11H2,1H3/t12-,13+,14+,15-,16+,17-,18?,19+/m0/s1. The molecule has 0 amide bonds. The summed E-state index contributed by atoms with van der Waals surface area (Å²) in [6.07, 6.45) is 12.0. The Bertz CT molecular complexity index is 443. The van der Waals surface area contributed by atoms with Gasteiger partial charge in [-0.1, -0.05) is 6.92 Å². The fourth-order valence-electron chi connectivity index (χ4n) is 7.31. The summed E-state index contributed by atoms with van der Waals surface area (Å²) in [7, 11) is 0. The van der Waals surface area contributed by atoms with Crippen molar-refractivity contribution in [2.45, 2.75) is 76.4 Å². The van der Waals surface area contributed by atoms with Crippen molar-refractivity contribution in [2.24, 2.45) is 35.0 Å². The zero-order valence-electron chi connectivity index (χ0n) is 13.4. The summed E-state index contributed by atoms with van der Waals surface area (Å²) in [5.74, 6) is 4.64. The predicted octanol–water partition coefficient (Wildman–Crippen LogP) is 3.77. The van der Waals surface area contributed by atoms with Crippen LogP contribution in [0.3, 0.4) is 0 Å². The average Bonchev–Trinajstić information content (AvgIpc) is 3.20. The van der Waals surface area contributed by atoms with Gasteiger partial charge in [0, 0.05) is 5.41 Å². The van der Waals surface area contributed by atoms with Crippen molar-refractivity contribution >= 4 is 0 Å². The number of ether oxygens (including phenoxy) is 1. The minimum absolute atomic E-state index is 0.00581. The molecule has 0 bridgehead atoms. The summed E-state index contributed by atoms with van der Waals surface area (Å²) < 4.78 is 6.00. The molecule has 1 N–H and O–H groups in total. The van der Waals surface area contributed by atoms with Crippen LogP contribution < -0.4 is 0 Å². The topological polar surface area (TPSA) is 32.8 Å². The Kier molecular flexibility index (Phi) is 2.71. The van der Waals surface area contributed by atoms with Crippen molar-refractivity contribution in [3.63, 3.8) is 0 Å². The van der Waals surface area contributed by atoms with Gasteiger partial charge in [-0.15, -0.1) is 0 Å². The molecule has 0 aromatic rings. The highest BCUT2D eigenvalue weighted by Gasteiger charge is 2.68. The third kappa shape index (κ3) is 1.72. The molecular weight excluding hydrogens is 260 g/mol. The van der Waals surface area contributed by atoms with E-state index in [1.165, 1.54) is 44.9 Å². The molecule has 8 atom stereocenters. The summed E-state index contributed by atoms with van der Waals surface area (Å²) in [6, 6.07) is 0. The van der Waals surface area contributed by atoms with Gasteiger partial charge in [0.2, 0.25) is 0 Å². The maximum atomic E-state index is 10.00. The zero-order chi connectivity index (χ0) is 14.2. The molecule has 1 aliphatic heterocycles. The highest BCUT2D eigenvalue weighted by molar-refractivity contribution is 5.17. The van der Waals surface area contributed by atoms with Crippen molar-refractivity contribution in [1.29, 1.82) is 0 Å². The molecule has 2 nitrogen and oxygen atoms in total. The first-order valence-corrected chi connectivity index (χ1v) is 9.43. The Balaban J connectivity index is 1.40. The van der Waals surface area contributed by atoms with E-state index in [1.54, 1.807) is 0 Å². The van der Waals surface area contributed by atoms with Gasteiger partial charge in [-0.25, -0.2) is 0 Å². The van der Waals surface area contributed by atoms with Crippen LogP contribution in [0.5, 0.6) is 0 Å². The molecule has 118 valence electrons. The van der Waals surface area contributed by atoms with Gasteiger partial charge < -0.3 is 9.84 Å². The average molecular weight is 290 g/mol. The van der Waals surface area contributed by atoms with Crippen LogP contribution in [0, 0.1) is 35.0 Å². The lowest BCUT2D eigenvalue weighted by Gasteiger charge is -2.54. The Hall–Kier alpha value is -0.0800. The van der Waals surface area contributed by atoms with E-state index in [9.17, 15) is 5.11 Å². The predicted molar refractivity (Wildman–Crippen MR) is 81.8 cm³/mol. The zero-order valence-corrected chi connectivity index (χ0v) is 13.4. The van der Waals surface area contributed by atoms with E-state index in [2.05, 4.69) is 6.92 Å². The molecule has 0 radical (unpaired) electrons. The normalized spacial score (nSPS) is 62.0. The van der Waals surface area contributed by atoms with Gasteiger partial charge in [-0.05, 0) is 87.4 Å². The Morgan fingerprint density at radius 3 is 2.57 bits per heavy atom. The van der Waals surface area contributed by atoms with Crippen molar-refractivity contribution in [3.8, 4) is 0 Å². The van der Waals surface area contributed by atoms with Crippen LogP contribution in [-0.2, 0) is 4.74 Å². The summed E-state index contributed by atoms with van der Waals surface area (Å²) in [5.41, 5.74) is 0.803. The number of hydrogen-bond donors (Lipinski definition) is 1. The minimum Gasteiger partial charge on any atom is -0.393 e. The maximum Gasteiger partial charge on any atom is 0.0972 e. The van der Waals surface area contributed by atoms with Gasteiger partial charge in [-0.3, -0.25) is 0 Å². The molecule has 1 heterocycles. The van der Waals surface area contributed by atoms with Crippen LogP contribution in [0.1, 0.15) is 64.7 Å². The van der Waals surface area contributed by atoms with E-state index in [-0.39, 0.29) is 6.10 Å². The Morgan fingerprint density at radius 2 is 1.76 bits per heavy atom. The highest BCUT2D eigenvalue weighted by atomic mass is 16.6. The van der Waals surface area contributed by atoms with Crippen LogP contribution in [0.4, 0.5) is 0 Å². The van der Waals surface area contributed by atoms with E-state index in [0.717, 1.165) is 49.0 Å². The van der Waals surface area contributed by atoms with Crippen molar-refractivity contribution in [1.82, 2.24) is 0 Å². The van der Waals surface area contributed by atoms with Gasteiger partial charge in [-0.2, -0.15) is 0 Å². The van der Waals surface area contributed by atoms with Crippen LogP contribution in [0.15, 0.2) is 0 Å². The monoisotopic (exact) mass is 290 g/mol. The van der Waals surface area contributed by atoms with E-state index in [4.69, 9.17) is 4.74 Å². The molecule has 1 spiro atoms. The molecule has 0 aromatic carbocycles.